The predicted octanol–water partition coefficient (Wildman–Crippen LogP) is 1.77. The van der Waals surface area contributed by atoms with Crippen molar-refractivity contribution in [1.82, 2.24) is 4.98 Å². The van der Waals surface area contributed by atoms with Crippen molar-refractivity contribution < 1.29 is 4.79 Å². The molecule has 0 atom stereocenters. The first-order chi connectivity index (χ1) is 8.71. The van der Waals surface area contributed by atoms with Crippen LogP contribution in [0.2, 0.25) is 0 Å². The zero-order chi connectivity index (χ0) is 13.4. The van der Waals surface area contributed by atoms with Gasteiger partial charge in [0.2, 0.25) is 5.91 Å². The van der Waals surface area contributed by atoms with E-state index in [4.69, 9.17) is 5.73 Å². The number of nitrogens with zero attached hydrogens (tertiary/aromatic N) is 1. The van der Waals surface area contributed by atoms with Crippen molar-refractivity contribution in [2.45, 2.75) is 26.7 Å². The van der Waals surface area contributed by atoms with Crippen LogP contribution in [0.3, 0.4) is 0 Å². The highest BCUT2D eigenvalue weighted by Gasteiger charge is 2.14. The normalized spacial score (nSPS) is 9.78. The molecule has 0 bridgehead atoms. The summed E-state index contributed by atoms with van der Waals surface area (Å²) in [7, 11) is 0. The highest BCUT2D eigenvalue weighted by Crippen LogP contribution is 2.12. The Morgan fingerprint density at radius 1 is 1.50 bits per heavy atom. The Bertz CT molecular complexity index is 456. The van der Waals surface area contributed by atoms with E-state index in [0.717, 1.165) is 18.4 Å². The Kier molecular flexibility index (Phi) is 5.89. The number of amides is 1. The zero-order valence-electron chi connectivity index (χ0n) is 10.9. The number of hydrogen-bond acceptors (Lipinski definition) is 3. The first-order valence-corrected chi connectivity index (χ1v) is 6.17. The Balaban J connectivity index is 2.76. The summed E-state index contributed by atoms with van der Waals surface area (Å²) >= 11 is 0. The molecule has 96 valence electrons. The largest absolute Gasteiger partial charge is 0.320 e. The topological polar surface area (TPSA) is 68.0 Å². The van der Waals surface area contributed by atoms with Crippen LogP contribution in [0, 0.1) is 17.8 Å². The molecule has 1 rings (SSSR count). The van der Waals surface area contributed by atoms with E-state index in [0.29, 0.717) is 12.4 Å². The molecule has 1 heterocycles. The standard InChI is InChI=1S/C14H19N3O/c1-3-12(4-2)14(18)17-13-10-11(6-5-8-15)7-9-16-13/h7,9-10,12H,3-4,8,15H2,1-2H3,(H,16,17,18). The van der Waals surface area contributed by atoms with Crippen molar-refractivity contribution in [1.29, 1.82) is 0 Å². The van der Waals surface area contributed by atoms with Gasteiger partial charge in [0.25, 0.3) is 0 Å². The van der Waals surface area contributed by atoms with E-state index < -0.39 is 0 Å². The second-order valence-corrected chi connectivity index (χ2v) is 3.94. The van der Waals surface area contributed by atoms with Gasteiger partial charge in [-0.1, -0.05) is 25.7 Å². The number of carbonyl (C=O) groups excluding carboxylic acids is 1. The van der Waals surface area contributed by atoms with Crippen LogP contribution in [0.5, 0.6) is 0 Å². The highest BCUT2D eigenvalue weighted by atomic mass is 16.1. The van der Waals surface area contributed by atoms with Crippen LogP contribution >= 0.6 is 0 Å². The number of pyridine rings is 1. The Hall–Kier alpha value is -1.86. The third-order valence-corrected chi connectivity index (χ3v) is 2.70. The van der Waals surface area contributed by atoms with Gasteiger partial charge in [-0.2, -0.15) is 0 Å². The van der Waals surface area contributed by atoms with Gasteiger partial charge in [-0.05, 0) is 25.0 Å². The van der Waals surface area contributed by atoms with Gasteiger partial charge in [0, 0.05) is 17.7 Å². The van der Waals surface area contributed by atoms with Crippen molar-refractivity contribution in [3.63, 3.8) is 0 Å². The molecule has 0 unspecified atom stereocenters. The minimum absolute atomic E-state index is 0.0106. The second-order valence-electron chi connectivity index (χ2n) is 3.94. The van der Waals surface area contributed by atoms with E-state index in [2.05, 4.69) is 22.1 Å². The summed E-state index contributed by atoms with van der Waals surface area (Å²) in [4.78, 5) is 16.0. The Morgan fingerprint density at radius 3 is 2.83 bits per heavy atom. The van der Waals surface area contributed by atoms with Gasteiger partial charge in [-0.25, -0.2) is 4.98 Å². The maximum Gasteiger partial charge on any atom is 0.228 e. The lowest BCUT2D eigenvalue weighted by Crippen LogP contribution is -2.22. The van der Waals surface area contributed by atoms with Crippen LogP contribution in [-0.4, -0.2) is 17.4 Å². The lowest BCUT2D eigenvalue weighted by molar-refractivity contribution is -0.120. The van der Waals surface area contributed by atoms with Gasteiger partial charge >= 0.3 is 0 Å². The lowest BCUT2D eigenvalue weighted by atomic mass is 10.0. The molecule has 0 saturated heterocycles. The zero-order valence-corrected chi connectivity index (χ0v) is 10.9. The second kappa shape index (κ2) is 7.46. The van der Waals surface area contributed by atoms with Crippen LogP contribution in [0.25, 0.3) is 0 Å². The van der Waals surface area contributed by atoms with Crippen LogP contribution in [0.1, 0.15) is 32.3 Å². The molecule has 4 nitrogen and oxygen atoms in total. The molecule has 0 aliphatic heterocycles. The van der Waals surface area contributed by atoms with Gasteiger partial charge < -0.3 is 11.1 Å². The summed E-state index contributed by atoms with van der Waals surface area (Å²) < 4.78 is 0. The number of carbonyl (C=O) groups is 1. The predicted molar refractivity (Wildman–Crippen MR) is 72.9 cm³/mol. The Labute approximate surface area is 108 Å². The van der Waals surface area contributed by atoms with Crippen molar-refractivity contribution >= 4 is 11.7 Å². The molecule has 0 saturated carbocycles. The van der Waals surface area contributed by atoms with Gasteiger partial charge in [0.05, 0.1) is 6.54 Å². The summed E-state index contributed by atoms with van der Waals surface area (Å²) in [5.74, 6) is 6.26. The van der Waals surface area contributed by atoms with E-state index >= 15 is 0 Å². The number of rotatable bonds is 4. The van der Waals surface area contributed by atoms with Crippen molar-refractivity contribution in [2.75, 3.05) is 11.9 Å². The molecule has 18 heavy (non-hydrogen) atoms. The fraction of sp³-hybridized carbons (Fsp3) is 0.429. The van der Waals surface area contributed by atoms with Gasteiger partial charge in [0.15, 0.2) is 0 Å². The third kappa shape index (κ3) is 4.19. The van der Waals surface area contributed by atoms with Crippen LogP contribution in [-0.2, 0) is 4.79 Å². The van der Waals surface area contributed by atoms with Crippen LogP contribution < -0.4 is 11.1 Å². The minimum atomic E-state index is 0.0106. The van der Waals surface area contributed by atoms with E-state index in [1.807, 2.05) is 13.8 Å². The smallest absolute Gasteiger partial charge is 0.228 e. The molecule has 0 spiro atoms. The molecular weight excluding hydrogens is 226 g/mol. The van der Waals surface area contributed by atoms with E-state index in [1.54, 1.807) is 18.3 Å². The molecule has 0 aliphatic rings. The number of nitrogens with one attached hydrogen (secondary N) is 1. The first kappa shape index (κ1) is 14.2. The molecular formula is C14H19N3O. The lowest BCUT2D eigenvalue weighted by Gasteiger charge is -2.12. The molecule has 3 N–H and O–H groups in total. The monoisotopic (exact) mass is 245 g/mol. The molecule has 1 amide bonds. The molecule has 1 aromatic rings. The minimum Gasteiger partial charge on any atom is -0.320 e. The van der Waals surface area contributed by atoms with Crippen molar-refractivity contribution in [2.24, 2.45) is 11.7 Å². The number of anilines is 1. The molecule has 0 aliphatic carbocycles. The summed E-state index contributed by atoms with van der Waals surface area (Å²) in [5, 5.41) is 2.81. The summed E-state index contributed by atoms with van der Waals surface area (Å²) in [6, 6.07) is 3.54. The molecule has 0 radical (unpaired) electrons. The summed E-state index contributed by atoms with van der Waals surface area (Å²) in [5.41, 5.74) is 6.11. The van der Waals surface area contributed by atoms with Gasteiger partial charge in [-0.3, -0.25) is 4.79 Å². The van der Waals surface area contributed by atoms with Gasteiger partial charge in [-0.15, -0.1) is 0 Å². The number of nitrogens with two attached hydrogens (primary N) is 1. The van der Waals surface area contributed by atoms with E-state index in [9.17, 15) is 4.79 Å². The van der Waals surface area contributed by atoms with Crippen molar-refractivity contribution in [3.05, 3.63) is 23.9 Å². The quantitative estimate of drug-likeness (QED) is 0.794. The van der Waals surface area contributed by atoms with Crippen LogP contribution in [0.4, 0.5) is 5.82 Å². The first-order valence-electron chi connectivity index (χ1n) is 6.17. The van der Waals surface area contributed by atoms with Crippen LogP contribution in [0.15, 0.2) is 18.3 Å². The van der Waals surface area contributed by atoms with E-state index in [1.165, 1.54) is 0 Å². The summed E-state index contributed by atoms with van der Waals surface area (Å²) in [6.45, 7) is 4.33. The average Bonchev–Trinajstić information content (AvgIpc) is 2.38. The highest BCUT2D eigenvalue weighted by molar-refractivity contribution is 5.91. The molecule has 4 heteroatoms. The molecule has 0 fully saturated rings. The maximum absolute atomic E-state index is 11.9. The maximum atomic E-state index is 11.9. The number of hydrogen-bond donors (Lipinski definition) is 2. The molecule has 1 aromatic heterocycles. The summed E-state index contributed by atoms with van der Waals surface area (Å²) in [6.07, 6.45) is 3.28. The fourth-order valence-corrected chi connectivity index (χ4v) is 1.62. The number of aromatic nitrogens is 1. The SMILES string of the molecule is CCC(CC)C(=O)Nc1cc(C#CCN)ccn1. The fourth-order valence-electron chi connectivity index (χ4n) is 1.62. The molecule has 0 aromatic carbocycles. The van der Waals surface area contributed by atoms with E-state index in [-0.39, 0.29) is 11.8 Å². The Morgan fingerprint density at radius 2 is 2.22 bits per heavy atom. The van der Waals surface area contributed by atoms with Crippen molar-refractivity contribution in [3.8, 4) is 11.8 Å². The third-order valence-electron chi connectivity index (χ3n) is 2.70. The average molecular weight is 245 g/mol. The van der Waals surface area contributed by atoms with Gasteiger partial charge in [0.1, 0.15) is 5.82 Å².